The number of carbonyl (C=O) groups excluding carboxylic acids is 1. The molecule has 1 amide bonds. The van der Waals surface area contributed by atoms with Gasteiger partial charge >= 0.3 is 0 Å². The molecule has 1 saturated carbocycles. The summed E-state index contributed by atoms with van der Waals surface area (Å²) in [5.41, 5.74) is 0. The number of pyridine rings is 1. The number of aromatic nitrogens is 3. The van der Waals surface area contributed by atoms with Crippen LogP contribution in [0.4, 0.5) is 5.82 Å². The number of amides is 1. The Morgan fingerprint density at radius 1 is 1.19 bits per heavy atom. The van der Waals surface area contributed by atoms with Crippen LogP contribution >= 0.6 is 0 Å². The molecule has 1 aliphatic heterocycles. The predicted molar refractivity (Wildman–Crippen MR) is 96.7 cm³/mol. The van der Waals surface area contributed by atoms with Gasteiger partial charge in [-0.1, -0.05) is 6.07 Å². The highest BCUT2D eigenvalue weighted by Gasteiger charge is 2.42. The number of rotatable bonds is 5. The number of nitrogens with zero attached hydrogens (tertiary/aromatic N) is 5. The molecule has 0 radical (unpaired) electrons. The monoisotopic (exact) mass is 356 g/mol. The normalized spacial score (nSPS) is 26.3. The van der Waals surface area contributed by atoms with Crippen LogP contribution in [0.2, 0.25) is 0 Å². The lowest BCUT2D eigenvalue weighted by atomic mass is 9.83. The van der Waals surface area contributed by atoms with Crippen molar-refractivity contribution in [2.24, 2.45) is 0 Å². The molecule has 1 saturated heterocycles. The third-order valence-electron chi connectivity index (χ3n) is 5.19. The Balaban J connectivity index is 1.25. The van der Waals surface area contributed by atoms with Crippen LogP contribution in [0.25, 0.3) is 0 Å². The lowest BCUT2D eigenvalue weighted by Gasteiger charge is -2.42. The van der Waals surface area contributed by atoms with Crippen molar-refractivity contribution in [1.29, 1.82) is 0 Å². The first-order valence-electron chi connectivity index (χ1n) is 9.05. The van der Waals surface area contributed by atoms with Gasteiger partial charge in [0.25, 0.3) is 0 Å². The Hall–Kier alpha value is -2.45. The van der Waals surface area contributed by atoms with E-state index in [1.807, 2.05) is 30.5 Å². The summed E-state index contributed by atoms with van der Waals surface area (Å²) in [6, 6.07) is 7.51. The van der Waals surface area contributed by atoms with E-state index >= 15 is 0 Å². The highest BCUT2D eigenvalue weighted by molar-refractivity contribution is 5.78. The van der Waals surface area contributed by atoms with Crippen LogP contribution in [0, 0.1) is 0 Å². The summed E-state index contributed by atoms with van der Waals surface area (Å²) in [5, 5.41) is 17.2. The van der Waals surface area contributed by atoms with E-state index < -0.39 is 6.10 Å². The van der Waals surface area contributed by atoms with Gasteiger partial charge in [-0.25, -0.2) is 4.98 Å². The number of hydrogen-bond donors (Lipinski definition) is 2. The molecule has 2 aliphatic rings. The van der Waals surface area contributed by atoms with Gasteiger partial charge in [0.1, 0.15) is 5.82 Å². The average Bonchev–Trinajstić information content (AvgIpc) is 3.16. The molecule has 2 N–H and O–H groups in total. The van der Waals surface area contributed by atoms with E-state index in [0.29, 0.717) is 13.0 Å². The fourth-order valence-electron chi connectivity index (χ4n) is 3.70. The SMILES string of the molecule is O=C(CN1CCN(c2ccccn2)CC1)N[C@H]1C[C@@H](O)[C@@H]1n1cccn1. The van der Waals surface area contributed by atoms with Crippen molar-refractivity contribution < 1.29 is 9.90 Å². The molecule has 4 rings (SSSR count). The van der Waals surface area contributed by atoms with E-state index in [9.17, 15) is 9.90 Å². The molecule has 26 heavy (non-hydrogen) atoms. The van der Waals surface area contributed by atoms with E-state index in [1.54, 1.807) is 17.1 Å². The van der Waals surface area contributed by atoms with Crippen LogP contribution in [0.3, 0.4) is 0 Å². The quantitative estimate of drug-likeness (QED) is 0.778. The minimum atomic E-state index is -0.456. The molecular formula is C18H24N6O2. The van der Waals surface area contributed by atoms with Crippen LogP contribution in [-0.4, -0.2) is 75.5 Å². The molecule has 1 aliphatic carbocycles. The Labute approximate surface area is 152 Å². The lowest BCUT2D eigenvalue weighted by molar-refractivity contribution is -0.125. The highest BCUT2D eigenvalue weighted by atomic mass is 16.3. The summed E-state index contributed by atoms with van der Waals surface area (Å²) in [5.74, 6) is 0.993. The first-order valence-corrected chi connectivity index (χ1v) is 9.05. The van der Waals surface area contributed by atoms with Crippen LogP contribution in [-0.2, 0) is 4.79 Å². The van der Waals surface area contributed by atoms with Crippen LogP contribution in [0.1, 0.15) is 12.5 Å². The number of hydrogen-bond acceptors (Lipinski definition) is 6. The van der Waals surface area contributed by atoms with Crippen molar-refractivity contribution in [3.63, 3.8) is 0 Å². The molecule has 2 fully saturated rings. The topological polar surface area (TPSA) is 86.5 Å². The number of aliphatic hydroxyl groups excluding tert-OH is 1. The maximum atomic E-state index is 12.4. The molecule has 0 aromatic carbocycles. The summed E-state index contributed by atoms with van der Waals surface area (Å²) >= 11 is 0. The molecule has 2 aromatic heterocycles. The summed E-state index contributed by atoms with van der Waals surface area (Å²) in [6.45, 7) is 3.78. The first kappa shape index (κ1) is 17.0. The number of nitrogens with one attached hydrogen (secondary N) is 1. The van der Waals surface area contributed by atoms with E-state index in [-0.39, 0.29) is 18.0 Å². The number of anilines is 1. The van der Waals surface area contributed by atoms with Crippen LogP contribution < -0.4 is 10.2 Å². The molecule has 0 spiro atoms. The van der Waals surface area contributed by atoms with Crippen molar-refractivity contribution in [3.05, 3.63) is 42.9 Å². The third kappa shape index (κ3) is 3.56. The van der Waals surface area contributed by atoms with Gasteiger partial charge in [-0.3, -0.25) is 14.4 Å². The van der Waals surface area contributed by atoms with E-state index in [2.05, 4.69) is 25.2 Å². The summed E-state index contributed by atoms with van der Waals surface area (Å²) < 4.78 is 1.73. The van der Waals surface area contributed by atoms with E-state index in [0.717, 1.165) is 32.0 Å². The second-order valence-electron chi connectivity index (χ2n) is 6.90. The zero-order valence-electron chi connectivity index (χ0n) is 14.6. The van der Waals surface area contributed by atoms with E-state index in [4.69, 9.17) is 0 Å². The lowest BCUT2D eigenvalue weighted by Crippen LogP contribution is -2.58. The average molecular weight is 356 g/mol. The maximum Gasteiger partial charge on any atom is 0.234 e. The fourth-order valence-corrected chi connectivity index (χ4v) is 3.70. The van der Waals surface area contributed by atoms with Gasteiger partial charge in [0, 0.05) is 44.8 Å². The van der Waals surface area contributed by atoms with E-state index in [1.165, 1.54) is 0 Å². The second kappa shape index (κ2) is 7.43. The minimum Gasteiger partial charge on any atom is -0.391 e. The Bertz CT molecular complexity index is 715. The molecule has 0 bridgehead atoms. The molecule has 0 unspecified atom stereocenters. The Morgan fingerprint density at radius 2 is 2.04 bits per heavy atom. The van der Waals surface area contributed by atoms with Crippen LogP contribution in [0.5, 0.6) is 0 Å². The molecule has 138 valence electrons. The van der Waals surface area contributed by atoms with Crippen molar-refractivity contribution in [2.45, 2.75) is 24.6 Å². The third-order valence-corrected chi connectivity index (χ3v) is 5.19. The summed E-state index contributed by atoms with van der Waals surface area (Å²) in [4.78, 5) is 21.2. The predicted octanol–water partition coefficient (Wildman–Crippen LogP) is -0.109. The Kier molecular flexibility index (Phi) is 4.85. The highest BCUT2D eigenvalue weighted by Crippen LogP contribution is 2.32. The van der Waals surface area contributed by atoms with Crippen LogP contribution in [0.15, 0.2) is 42.9 Å². The van der Waals surface area contributed by atoms with Gasteiger partial charge in [0.05, 0.1) is 24.7 Å². The molecular weight excluding hydrogens is 332 g/mol. The number of aliphatic hydroxyl groups is 1. The standard InChI is InChI=1S/C18H24N6O2/c25-15-12-14(18(15)24-7-3-6-20-24)21-17(26)13-22-8-10-23(11-9-22)16-4-1-2-5-19-16/h1-7,14-15,18,25H,8-13H2,(H,21,26)/t14-,15+,18+/m0/s1. The van der Waals surface area contributed by atoms with Gasteiger partial charge in [-0.2, -0.15) is 5.10 Å². The van der Waals surface area contributed by atoms with Crippen molar-refractivity contribution in [3.8, 4) is 0 Å². The molecule has 3 heterocycles. The van der Waals surface area contributed by atoms with Crippen molar-refractivity contribution in [1.82, 2.24) is 25.0 Å². The fraction of sp³-hybridized carbons (Fsp3) is 0.500. The van der Waals surface area contributed by atoms with Crippen molar-refractivity contribution in [2.75, 3.05) is 37.6 Å². The van der Waals surface area contributed by atoms with Gasteiger partial charge in [0.2, 0.25) is 5.91 Å². The van der Waals surface area contributed by atoms with Gasteiger partial charge < -0.3 is 15.3 Å². The summed E-state index contributed by atoms with van der Waals surface area (Å²) in [7, 11) is 0. The maximum absolute atomic E-state index is 12.4. The molecule has 3 atom stereocenters. The molecule has 2 aromatic rings. The number of carbonyl (C=O) groups is 1. The second-order valence-corrected chi connectivity index (χ2v) is 6.90. The van der Waals surface area contributed by atoms with Crippen molar-refractivity contribution >= 4 is 11.7 Å². The largest absolute Gasteiger partial charge is 0.391 e. The Morgan fingerprint density at radius 3 is 2.69 bits per heavy atom. The first-order chi connectivity index (χ1) is 12.7. The zero-order chi connectivity index (χ0) is 17.9. The van der Waals surface area contributed by atoms with Gasteiger partial charge in [0.15, 0.2) is 0 Å². The smallest absolute Gasteiger partial charge is 0.234 e. The molecule has 8 nitrogen and oxygen atoms in total. The minimum absolute atomic E-state index is 0.00495. The van der Waals surface area contributed by atoms with Gasteiger partial charge in [-0.05, 0) is 24.6 Å². The van der Waals surface area contributed by atoms with Gasteiger partial charge in [-0.15, -0.1) is 0 Å². The number of piperazine rings is 1. The molecule has 8 heteroatoms. The summed E-state index contributed by atoms with van der Waals surface area (Å²) in [6.07, 6.45) is 5.43. The zero-order valence-corrected chi connectivity index (χ0v) is 14.6.